The number of ether oxygens (including phenoxy) is 2. The van der Waals surface area contributed by atoms with E-state index >= 15 is 0 Å². The van der Waals surface area contributed by atoms with Crippen LogP contribution < -0.4 is 9.47 Å². The fourth-order valence-corrected chi connectivity index (χ4v) is 2.44. The second-order valence-corrected chi connectivity index (χ2v) is 6.18. The smallest absolute Gasteiger partial charge is 0.267 e. The molecule has 0 heterocycles. The summed E-state index contributed by atoms with van der Waals surface area (Å²) in [5.74, 6) is -0.650. The minimum Gasteiger partial charge on any atom is -0.493 e. The lowest BCUT2D eigenvalue weighted by atomic mass is 10.1. The summed E-state index contributed by atoms with van der Waals surface area (Å²) in [5.41, 5.74) is -0.329. The van der Waals surface area contributed by atoms with Crippen molar-refractivity contribution in [1.82, 2.24) is 0 Å². The Morgan fingerprint density at radius 2 is 1.89 bits per heavy atom. The molecule has 0 amide bonds. The maximum Gasteiger partial charge on any atom is 0.267 e. The van der Waals surface area contributed by atoms with E-state index in [9.17, 15) is 17.2 Å². The van der Waals surface area contributed by atoms with Crippen LogP contribution in [0.5, 0.6) is 11.5 Å². The highest BCUT2D eigenvalue weighted by Gasteiger charge is 2.21. The van der Waals surface area contributed by atoms with E-state index < -0.39 is 26.8 Å². The van der Waals surface area contributed by atoms with Crippen LogP contribution in [0.15, 0.2) is 12.1 Å². The quantitative estimate of drug-likeness (QED) is 0.785. The van der Waals surface area contributed by atoms with Gasteiger partial charge in [0.25, 0.3) is 6.43 Å². The van der Waals surface area contributed by atoms with E-state index in [2.05, 4.69) is 0 Å². The molecular formula is C10H11ClF2O4S. The fraction of sp³-hybridized carbons (Fsp3) is 0.400. The molecule has 0 aliphatic rings. The Morgan fingerprint density at radius 1 is 1.28 bits per heavy atom. The van der Waals surface area contributed by atoms with Crippen molar-refractivity contribution in [3.63, 3.8) is 0 Å². The van der Waals surface area contributed by atoms with Crippen LogP contribution in [0.25, 0.3) is 0 Å². The van der Waals surface area contributed by atoms with Gasteiger partial charge >= 0.3 is 0 Å². The van der Waals surface area contributed by atoms with Crippen LogP contribution in [0, 0.1) is 0 Å². The van der Waals surface area contributed by atoms with Crippen molar-refractivity contribution in [2.45, 2.75) is 12.2 Å². The van der Waals surface area contributed by atoms with Gasteiger partial charge in [-0.25, -0.2) is 17.2 Å². The van der Waals surface area contributed by atoms with E-state index in [-0.39, 0.29) is 17.1 Å². The number of rotatable bonds is 5. The Morgan fingerprint density at radius 3 is 2.28 bits per heavy atom. The molecule has 0 spiro atoms. The molecule has 4 nitrogen and oxygen atoms in total. The molecule has 102 valence electrons. The lowest BCUT2D eigenvalue weighted by Gasteiger charge is -2.14. The average Bonchev–Trinajstić information content (AvgIpc) is 2.25. The second-order valence-electron chi connectivity index (χ2n) is 3.40. The average molecular weight is 301 g/mol. The van der Waals surface area contributed by atoms with Gasteiger partial charge < -0.3 is 9.47 Å². The van der Waals surface area contributed by atoms with Crippen molar-refractivity contribution in [2.75, 3.05) is 14.2 Å². The van der Waals surface area contributed by atoms with E-state index in [0.29, 0.717) is 0 Å². The monoisotopic (exact) mass is 300 g/mol. The van der Waals surface area contributed by atoms with Gasteiger partial charge in [-0.2, -0.15) is 0 Å². The van der Waals surface area contributed by atoms with Crippen molar-refractivity contribution in [2.24, 2.45) is 0 Å². The van der Waals surface area contributed by atoms with Gasteiger partial charge in [0.15, 0.2) is 11.5 Å². The maximum atomic E-state index is 12.8. The number of hydrogen-bond acceptors (Lipinski definition) is 4. The Labute approximate surface area is 108 Å². The molecule has 0 saturated carbocycles. The number of benzene rings is 1. The molecule has 0 radical (unpaired) electrons. The molecule has 0 aliphatic heterocycles. The number of methoxy groups -OCH3 is 2. The molecular weight excluding hydrogens is 290 g/mol. The first-order chi connectivity index (χ1) is 8.28. The predicted molar refractivity (Wildman–Crippen MR) is 63.0 cm³/mol. The van der Waals surface area contributed by atoms with Crippen molar-refractivity contribution in [1.29, 1.82) is 0 Å². The van der Waals surface area contributed by atoms with E-state index in [1.807, 2.05) is 0 Å². The van der Waals surface area contributed by atoms with Crippen LogP contribution in [0.1, 0.15) is 17.6 Å². The van der Waals surface area contributed by atoms with Gasteiger partial charge in [0.1, 0.15) is 0 Å². The van der Waals surface area contributed by atoms with Gasteiger partial charge in [0.05, 0.1) is 25.5 Å². The zero-order valence-corrected chi connectivity index (χ0v) is 11.2. The zero-order valence-electron chi connectivity index (χ0n) is 9.61. The molecule has 18 heavy (non-hydrogen) atoms. The van der Waals surface area contributed by atoms with Gasteiger partial charge in [-0.05, 0) is 17.7 Å². The van der Waals surface area contributed by atoms with Crippen LogP contribution in [-0.2, 0) is 14.8 Å². The molecule has 8 heteroatoms. The van der Waals surface area contributed by atoms with E-state index in [0.717, 1.165) is 6.07 Å². The fourth-order valence-electron chi connectivity index (χ4n) is 1.50. The normalized spacial score (nSPS) is 11.7. The van der Waals surface area contributed by atoms with E-state index in [1.165, 1.54) is 20.3 Å². The number of halogens is 3. The van der Waals surface area contributed by atoms with Gasteiger partial charge in [-0.1, -0.05) is 0 Å². The summed E-state index contributed by atoms with van der Waals surface area (Å²) >= 11 is 0. The van der Waals surface area contributed by atoms with Crippen molar-refractivity contribution in [3.05, 3.63) is 23.3 Å². The summed E-state index contributed by atoms with van der Waals surface area (Å²) in [4.78, 5) is 0. The number of hydrogen-bond donors (Lipinski definition) is 0. The summed E-state index contributed by atoms with van der Waals surface area (Å²) < 4.78 is 57.2. The van der Waals surface area contributed by atoms with Crippen LogP contribution in [0.3, 0.4) is 0 Å². The molecule has 0 saturated heterocycles. The molecule has 1 aromatic carbocycles. The first-order valence-corrected chi connectivity index (χ1v) is 7.21. The molecule has 0 bridgehead atoms. The summed E-state index contributed by atoms with van der Waals surface area (Å²) in [7, 11) is 3.74. The lowest BCUT2D eigenvalue weighted by molar-refractivity contribution is 0.146. The molecule has 0 aliphatic carbocycles. The third-order valence-electron chi connectivity index (χ3n) is 2.14. The van der Waals surface area contributed by atoms with E-state index in [4.69, 9.17) is 20.2 Å². The summed E-state index contributed by atoms with van der Waals surface area (Å²) in [6, 6.07) is 2.33. The Kier molecular flexibility index (Phi) is 4.75. The summed E-state index contributed by atoms with van der Waals surface area (Å²) in [5, 5.41) is 0. The minimum atomic E-state index is -3.83. The van der Waals surface area contributed by atoms with Crippen LogP contribution in [0.4, 0.5) is 8.78 Å². The Balaban J connectivity index is 3.36. The highest BCUT2D eigenvalue weighted by atomic mass is 35.7. The Hall–Kier alpha value is -1.08. The summed E-state index contributed by atoms with van der Waals surface area (Å²) in [6.07, 6.45) is -2.81. The second kappa shape index (κ2) is 5.71. The molecule has 0 atom stereocenters. The first-order valence-electron chi connectivity index (χ1n) is 4.73. The minimum absolute atomic E-state index is 0.0330. The SMILES string of the molecule is COc1cc(CS(=O)(=O)Cl)cc(C(F)F)c1OC. The van der Waals surface area contributed by atoms with Crippen LogP contribution in [-0.4, -0.2) is 22.6 Å². The van der Waals surface area contributed by atoms with Gasteiger partial charge in [0, 0.05) is 10.7 Å². The Bertz CT molecular complexity index is 531. The van der Waals surface area contributed by atoms with E-state index in [1.54, 1.807) is 0 Å². The molecule has 0 fully saturated rings. The highest BCUT2D eigenvalue weighted by Crippen LogP contribution is 2.38. The largest absolute Gasteiger partial charge is 0.493 e. The zero-order chi connectivity index (χ0) is 13.9. The van der Waals surface area contributed by atoms with Crippen LogP contribution >= 0.6 is 10.7 Å². The maximum absolute atomic E-state index is 12.8. The predicted octanol–water partition coefficient (Wildman–Crippen LogP) is 2.71. The van der Waals surface area contributed by atoms with Crippen LogP contribution in [0.2, 0.25) is 0 Å². The first kappa shape index (κ1) is 15.0. The summed E-state index contributed by atoms with van der Waals surface area (Å²) in [6.45, 7) is 0. The molecule has 0 N–H and O–H groups in total. The molecule has 0 aromatic heterocycles. The molecule has 1 aromatic rings. The van der Waals surface area contributed by atoms with Gasteiger partial charge in [-0.15, -0.1) is 0 Å². The lowest BCUT2D eigenvalue weighted by Crippen LogP contribution is -2.01. The van der Waals surface area contributed by atoms with Gasteiger partial charge in [0.2, 0.25) is 9.05 Å². The van der Waals surface area contributed by atoms with Crippen molar-refractivity contribution < 1.29 is 26.7 Å². The van der Waals surface area contributed by atoms with Crippen molar-refractivity contribution >= 4 is 19.7 Å². The molecule has 0 unspecified atom stereocenters. The standard InChI is InChI=1S/C10H11ClF2O4S/c1-16-8-4-6(5-18(11,14)15)3-7(10(12)13)9(8)17-2/h3-4,10H,5H2,1-2H3. The molecule has 1 rings (SSSR count). The van der Waals surface area contributed by atoms with Crippen molar-refractivity contribution in [3.8, 4) is 11.5 Å². The number of alkyl halides is 2. The third kappa shape index (κ3) is 3.71. The topological polar surface area (TPSA) is 52.6 Å². The highest BCUT2D eigenvalue weighted by molar-refractivity contribution is 8.13. The van der Waals surface area contributed by atoms with Gasteiger partial charge in [-0.3, -0.25) is 0 Å². The third-order valence-corrected chi connectivity index (χ3v) is 3.15.